The summed E-state index contributed by atoms with van der Waals surface area (Å²) < 4.78 is 5.37. The predicted molar refractivity (Wildman–Crippen MR) is 82.5 cm³/mol. The first kappa shape index (κ1) is 15.0. The van der Waals surface area contributed by atoms with E-state index >= 15 is 0 Å². The van der Waals surface area contributed by atoms with Gasteiger partial charge in [0, 0.05) is 18.3 Å². The lowest BCUT2D eigenvalue weighted by molar-refractivity contribution is 0.0735. The average molecular weight is 284 g/mol. The Morgan fingerprint density at radius 1 is 1.19 bits per heavy atom. The standard InChI is InChI=1S/C17H20N2O2/c1-12-8-7-10-15(18-12)17(20)19(3)13(2)14-9-5-6-11-16(14)21-4/h5-11,13H,1-4H3. The molecule has 1 aromatic carbocycles. The number of hydrogen-bond donors (Lipinski definition) is 0. The number of benzene rings is 1. The van der Waals surface area contributed by atoms with Gasteiger partial charge in [0.1, 0.15) is 11.4 Å². The van der Waals surface area contributed by atoms with Crippen LogP contribution in [-0.4, -0.2) is 29.9 Å². The number of amides is 1. The third kappa shape index (κ3) is 3.21. The van der Waals surface area contributed by atoms with Crippen molar-refractivity contribution in [1.82, 2.24) is 9.88 Å². The molecular weight excluding hydrogens is 264 g/mol. The maximum absolute atomic E-state index is 12.5. The third-order valence-electron chi connectivity index (χ3n) is 3.60. The molecule has 0 radical (unpaired) electrons. The monoisotopic (exact) mass is 284 g/mol. The summed E-state index contributed by atoms with van der Waals surface area (Å²) in [4.78, 5) is 18.5. The number of hydrogen-bond acceptors (Lipinski definition) is 3. The fourth-order valence-electron chi connectivity index (χ4n) is 2.24. The summed E-state index contributed by atoms with van der Waals surface area (Å²) in [6, 6.07) is 13.1. The molecule has 0 N–H and O–H groups in total. The number of aryl methyl sites for hydroxylation is 1. The van der Waals surface area contributed by atoms with Crippen LogP contribution < -0.4 is 4.74 Å². The summed E-state index contributed by atoms with van der Waals surface area (Å²) in [5.74, 6) is 0.680. The van der Waals surface area contributed by atoms with Crippen molar-refractivity contribution in [2.24, 2.45) is 0 Å². The van der Waals surface area contributed by atoms with E-state index in [0.29, 0.717) is 5.69 Å². The molecule has 1 amide bonds. The Morgan fingerprint density at radius 3 is 2.57 bits per heavy atom. The SMILES string of the molecule is COc1ccccc1C(C)N(C)C(=O)c1cccc(C)n1. The molecule has 0 aliphatic carbocycles. The van der Waals surface area contributed by atoms with Crippen LogP contribution in [0, 0.1) is 6.92 Å². The lowest BCUT2D eigenvalue weighted by atomic mass is 10.1. The number of carbonyl (C=O) groups excluding carboxylic acids is 1. The second kappa shape index (κ2) is 6.39. The number of aromatic nitrogens is 1. The first-order chi connectivity index (χ1) is 10.0. The number of methoxy groups -OCH3 is 1. The molecule has 0 saturated carbocycles. The van der Waals surface area contributed by atoms with Crippen molar-refractivity contribution in [2.75, 3.05) is 14.2 Å². The van der Waals surface area contributed by atoms with Gasteiger partial charge in [-0.3, -0.25) is 4.79 Å². The highest BCUT2D eigenvalue weighted by molar-refractivity contribution is 5.92. The maximum atomic E-state index is 12.5. The Kier molecular flexibility index (Phi) is 4.58. The normalized spacial score (nSPS) is 11.8. The average Bonchev–Trinajstić information content (AvgIpc) is 2.52. The van der Waals surface area contributed by atoms with Gasteiger partial charge in [-0.05, 0) is 32.0 Å². The fraction of sp³-hybridized carbons (Fsp3) is 0.294. The minimum Gasteiger partial charge on any atom is -0.496 e. The predicted octanol–water partition coefficient (Wildman–Crippen LogP) is 3.23. The molecule has 0 aliphatic rings. The molecule has 1 heterocycles. The van der Waals surface area contributed by atoms with E-state index in [2.05, 4.69) is 4.98 Å². The Bertz CT molecular complexity index is 640. The molecule has 0 aliphatic heterocycles. The largest absolute Gasteiger partial charge is 0.496 e. The van der Waals surface area contributed by atoms with Crippen LogP contribution >= 0.6 is 0 Å². The van der Waals surface area contributed by atoms with E-state index in [0.717, 1.165) is 17.0 Å². The Hall–Kier alpha value is -2.36. The van der Waals surface area contributed by atoms with Gasteiger partial charge >= 0.3 is 0 Å². The Balaban J connectivity index is 2.26. The minimum atomic E-state index is -0.101. The lowest BCUT2D eigenvalue weighted by Crippen LogP contribution is -2.30. The van der Waals surface area contributed by atoms with Crippen LogP contribution in [0.1, 0.15) is 34.7 Å². The summed E-state index contributed by atoms with van der Waals surface area (Å²) >= 11 is 0. The molecule has 1 aromatic heterocycles. The van der Waals surface area contributed by atoms with Crippen molar-refractivity contribution in [3.05, 3.63) is 59.4 Å². The van der Waals surface area contributed by atoms with E-state index in [1.807, 2.05) is 50.2 Å². The van der Waals surface area contributed by atoms with Gasteiger partial charge in [-0.15, -0.1) is 0 Å². The summed E-state index contributed by atoms with van der Waals surface area (Å²) in [6.07, 6.45) is 0. The Morgan fingerprint density at radius 2 is 1.90 bits per heavy atom. The first-order valence-corrected chi connectivity index (χ1v) is 6.88. The van der Waals surface area contributed by atoms with Gasteiger partial charge in [-0.25, -0.2) is 4.98 Å². The van der Waals surface area contributed by atoms with Crippen LogP contribution in [0.4, 0.5) is 0 Å². The first-order valence-electron chi connectivity index (χ1n) is 6.88. The Labute approximate surface area is 125 Å². The molecule has 0 fully saturated rings. The van der Waals surface area contributed by atoms with Gasteiger partial charge < -0.3 is 9.64 Å². The zero-order valence-electron chi connectivity index (χ0n) is 12.8. The lowest BCUT2D eigenvalue weighted by Gasteiger charge is -2.26. The van der Waals surface area contributed by atoms with Crippen LogP contribution in [0.15, 0.2) is 42.5 Å². The van der Waals surface area contributed by atoms with E-state index < -0.39 is 0 Å². The van der Waals surface area contributed by atoms with Gasteiger partial charge in [0.25, 0.3) is 5.91 Å². The van der Waals surface area contributed by atoms with E-state index in [-0.39, 0.29) is 11.9 Å². The number of pyridine rings is 1. The minimum absolute atomic E-state index is 0.0999. The van der Waals surface area contributed by atoms with E-state index in [9.17, 15) is 4.79 Å². The van der Waals surface area contributed by atoms with Crippen molar-refractivity contribution in [3.63, 3.8) is 0 Å². The fourth-order valence-corrected chi connectivity index (χ4v) is 2.24. The van der Waals surface area contributed by atoms with Crippen molar-refractivity contribution in [3.8, 4) is 5.75 Å². The number of carbonyl (C=O) groups is 1. The molecule has 110 valence electrons. The highest BCUT2D eigenvalue weighted by atomic mass is 16.5. The van der Waals surface area contributed by atoms with Crippen LogP contribution in [0.25, 0.3) is 0 Å². The molecular formula is C17H20N2O2. The smallest absolute Gasteiger partial charge is 0.272 e. The number of rotatable bonds is 4. The van der Waals surface area contributed by atoms with E-state index in [1.54, 1.807) is 25.1 Å². The van der Waals surface area contributed by atoms with Crippen molar-refractivity contribution >= 4 is 5.91 Å². The zero-order valence-corrected chi connectivity index (χ0v) is 12.8. The van der Waals surface area contributed by atoms with Crippen LogP contribution in [0.2, 0.25) is 0 Å². The van der Waals surface area contributed by atoms with Crippen LogP contribution in [-0.2, 0) is 0 Å². The second-order valence-electron chi connectivity index (χ2n) is 5.00. The van der Waals surface area contributed by atoms with Gasteiger partial charge in [0.2, 0.25) is 0 Å². The van der Waals surface area contributed by atoms with Crippen molar-refractivity contribution in [2.45, 2.75) is 19.9 Å². The zero-order chi connectivity index (χ0) is 15.4. The molecule has 0 saturated heterocycles. The highest BCUT2D eigenvalue weighted by Gasteiger charge is 2.22. The molecule has 2 rings (SSSR count). The van der Waals surface area contributed by atoms with Gasteiger partial charge in [-0.2, -0.15) is 0 Å². The van der Waals surface area contributed by atoms with Gasteiger partial charge in [0.05, 0.1) is 13.2 Å². The quantitative estimate of drug-likeness (QED) is 0.865. The molecule has 1 atom stereocenters. The summed E-state index contributed by atoms with van der Waals surface area (Å²) in [7, 11) is 3.42. The molecule has 1 unspecified atom stereocenters. The van der Waals surface area contributed by atoms with Gasteiger partial charge in [-0.1, -0.05) is 24.3 Å². The molecule has 0 bridgehead atoms. The molecule has 0 spiro atoms. The number of ether oxygens (including phenoxy) is 1. The number of nitrogens with zero attached hydrogens (tertiary/aromatic N) is 2. The van der Waals surface area contributed by atoms with Crippen LogP contribution in [0.5, 0.6) is 5.75 Å². The van der Waals surface area contributed by atoms with Crippen molar-refractivity contribution < 1.29 is 9.53 Å². The summed E-state index contributed by atoms with van der Waals surface area (Å²) in [5.41, 5.74) is 2.27. The van der Waals surface area contributed by atoms with Gasteiger partial charge in [0.15, 0.2) is 0 Å². The topological polar surface area (TPSA) is 42.4 Å². The third-order valence-corrected chi connectivity index (χ3v) is 3.60. The maximum Gasteiger partial charge on any atom is 0.272 e. The van der Waals surface area contributed by atoms with Crippen LogP contribution in [0.3, 0.4) is 0 Å². The number of para-hydroxylation sites is 1. The molecule has 4 nitrogen and oxygen atoms in total. The van der Waals surface area contributed by atoms with E-state index in [4.69, 9.17) is 4.74 Å². The molecule has 2 aromatic rings. The summed E-state index contributed by atoms with van der Waals surface area (Å²) in [6.45, 7) is 3.85. The van der Waals surface area contributed by atoms with E-state index in [1.165, 1.54) is 0 Å². The molecule has 21 heavy (non-hydrogen) atoms. The van der Waals surface area contributed by atoms with Crippen molar-refractivity contribution in [1.29, 1.82) is 0 Å². The summed E-state index contributed by atoms with van der Waals surface area (Å²) in [5, 5.41) is 0. The molecule has 4 heteroatoms. The second-order valence-corrected chi connectivity index (χ2v) is 5.00. The highest BCUT2D eigenvalue weighted by Crippen LogP contribution is 2.28.